The topological polar surface area (TPSA) is 35.2 Å². The molecule has 0 radical (unpaired) electrons. The smallest absolute Gasteiger partial charge is 0.119 e. The van der Waals surface area contributed by atoms with Gasteiger partial charge in [-0.1, -0.05) is 18.2 Å². The van der Waals surface area contributed by atoms with Gasteiger partial charge in [0.1, 0.15) is 5.75 Å². The van der Waals surface area contributed by atoms with Crippen molar-refractivity contribution in [3.63, 3.8) is 0 Å². The summed E-state index contributed by atoms with van der Waals surface area (Å²) in [5.74, 6) is 0.879. The van der Waals surface area contributed by atoms with Crippen molar-refractivity contribution in [1.82, 2.24) is 0 Å². The van der Waals surface area contributed by atoms with Crippen molar-refractivity contribution in [3.8, 4) is 5.75 Å². The summed E-state index contributed by atoms with van der Waals surface area (Å²) >= 11 is 0. The summed E-state index contributed by atoms with van der Waals surface area (Å²) in [7, 11) is 0. The quantitative estimate of drug-likeness (QED) is 0.785. The molecule has 0 spiro atoms. The molecule has 0 aliphatic rings. The van der Waals surface area contributed by atoms with Crippen LogP contribution in [0.15, 0.2) is 36.9 Å². The molecule has 0 aromatic heterocycles. The van der Waals surface area contributed by atoms with Gasteiger partial charge in [0.25, 0.3) is 0 Å². The highest BCUT2D eigenvalue weighted by Crippen LogP contribution is 2.19. The zero-order valence-electron chi connectivity index (χ0n) is 8.98. The monoisotopic (exact) mass is 227 g/mol. The van der Waals surface area contributed by atoms with Crippen molar-refractivity contribution in [1.29, 1.82) is 0 Å². The van der Waals surface area contributed by atoms with Crippen molar-refractivity contribution in [2.24, 2.45) is 5.73 Å². The first-order valence-electron chi connectivity index (χ1n) is 4.87. The fourth-order valence-corrected chi connectivity index (χ4v) is 1.32. The van der Waals surface area contributed by atoms with Crippen molar-refractivity contribution >= 4 is 12.4 Å². The van der Waals surface area contributed by atoms with Crippen LogP contribution in [0, 0.1) is 0 Å². The summed E-state index contributed by atoms with van der Waals surface area (Å²) in [6, 6.07) is 7.92. The van der Waals surface area contributed by atoms with Crippen LogP contribution in [-0.4, -0.2) is 6.61 Å². The van der Waals surface area contributed by atoms with Crippen LogP contribution in [0.5, 0.6) is 5.75 Å². The molecule has 1 rings (SSSR count). The lowest BCUT2D eigenvalue weighted by molar-refractivity contribution is 0.339. The van der Waals surface area contributed by atoms with Gasteiger partial charge in [0.15, 0.2) is 0 Å². The zero-order valence-corrected chi connectivity index (χ0v) is 9.80. The normalized spacial score (nSPS) is 11.3. The number of hydrogen-bond acceptors (Lipinski definition) is 2. The van der Waals surface area contributed by atoms with E-state index in [1.807, 2.05) is 37.3 Å². The third-order valence-electron chi connectivity index (χ3n) is 2.02. The molecule has 0 aliphatic heterocycles. The van der Waals surface area contributed by atoms with Crippen LogP contribution in [0.1, 0.15) is 24.9 Å². The number of halogens is 1. The Morgan fingerprint density at radius 2 is 2.27 bits per heavy atom. The van der Waals surface area contributed by atoms with Crippen molar-refractivity contribution in [3.05, 3.63) is 42.5 Å². The fraction of sp³-hybridized carbons (Fsp3) is 0.333. The number of ether oxygens (including phenoxy) is 1. The fourth-order valence-electron chi connectivity index (χ4n) is 1.32. The molecule has 0 amide bonds. The van der Waals surface area contributed by atoms with E-state index in [2.05, 4.69) is 6.58 Å². The van der Waals surface area contributed by atoms with Crippen LogP contribution in [0.3, 0.4) is 0 Å². The van der Waals surface area contributed by atoms with Crippen molar-refractivity contribution in [2.45, 2.75) is 19.4 Å². The maximum atomic E-state index is 5.94. The molecule has 0 aliphatic carbocycles. The highest BCUT2D eigenvalue weighted by atomic mass is 35.5. The summed E-state index contributed by atoms with van der Waals surface area (Å²) in [6.07, 6.45) is 2.62. The van der Waals surface area contributed by atoms with Gasteiger partial charge in [-0.15, -0.1) is 19.0 Å². The second kappa shape index (κ2) is 7.32. The Balaban J connectivity index is 0.00000196. The first-order valence-corrected chi connectivity index (χ1v) is 4.87. The summed E-state index contributed by atoms with van der Waals surface area (Å²) in [5.41, 5.74) is 7.04. The Hall–Kier alpha value is -0.990. The Bertz CT molecular complexity index is 301. The molecule has 0 unspecified atom stereocenters. The lowest BCUT2D eigenvalue weighted by atomic mass is 10.0. The van der Waals surface area contributed by atoms with E-state index in [0.717, 1.165) is 17.7 Å². The van der Waals surface area contributed by atoms with Gasteiger partial charge in [0, 0.05) is 6.04 Å². The van der Waals surface area contributed by atoms with E-state index in [1.165, 1.54) is 0 Å². The largest absolute Gasteiger partial charge is 0.494 e. The van der Waals surface area contributed by atoms with Crippen molar-refractivity contribution in [2.75, 3.05) is 6.61 Å². The van der Waals surface area contributed by atoms with E-state index in [-0.39, 0.29) is 18.4 Å². The van der Waals surface area contributed by atoms with Gasteiger partial charge in [-0.25, -0.2) is 0 Å². The van der Waals surface area contributed by atoms with Gasteiger partial charge < -0.3 is 10.5 Å². The molecule has 0 saturated heterocycles. The maximum Gasteiger partial charge on any atom is 0.119 e. The minimum atomic E-state index is 0. The lowest BCUT2D eigenvalue weighted by Gasteiger charge is -2.11. The molecule has 0 heterocycles. The molecular formula is C12H18ClNO. The standard InChI is InChI=1S/C12H17NO.ClH/c1-3-6-12(13)10-7-5-8-11(9-10)14-4-2;/h3,5,7-9,12H,1,4,6,13H2,2H3;1H/t12-;/m1./s1. The minimum absolute atomic E-state index is 0. The maximum absolute atomic E-state index is 5.94. The van der Waals surface area contributed by atoms with E-state index < -0.39 is 0 Å². The number of hydrogen-bond donors (Lipinski definition) is 1. The van der Waals surface area contributed by atoms with Gasteiger partial charge in [0.05, 0.1) is 6.61 Å². The Kier molecular flexibility index (Phi) is 6.84. The molecule has 1 aromatic rings. The molecule has 0 fully saturated rings. The lowest BCUT2D eigenvalue weighted by Crippen LogP contribution is -2.09. The number of nitrogens with two attached hydrogens (primary N) is 1. The van der Waals surface area contributed by atoms with E-state index in [1.54, 1.807) is 0 Å². The van der Waals surface area contributed by atoms with Gasteiger partial charge in [0.2, 0.25) is 0 Å². The second-order valence-corrected chi connectivity index (χ2v) is 3.14. The van der Waals surface area contributed by atoms with Crippen LogP contribution < -0.4 is 10.5 Å². The SMILES string of the molecule is C=CC[C@@H](N)c1cccc(OCC)c1.Cl. The first-order chi connectivity index (χ1) is 6.77. The highest BCUT2D eigenvalue weighted by Gasteiger charge is 2.04. The third-order valence-corrected chi connectivity index (χ3v) is 2.02. The Morgan fingerprint density at radius 1 is 1.53 bits per heavy atom. The van der Waals surface area contributed by atoms with Gasteiger partial charge >= 0.3 is 0 Å². The number of benzene rings is 1. The van der Waals surface area contributed by atoms with Gasteiger partial charge in [-0.3, -0.25) is 0 Å². The Labute approximate surface area is 97.5 Å². The molecule has 15 heavy (non-hydrogen) atoms. The van der Waals surface area contributed by atoms with E-state index >= 15 is 0 Å². The van der Waals surface area contributed by atoms with Crippen molar-refractivity contribution < 1.29 is 4.74 Å². The summed E-state index contributed by atoms with van der Waals surface area (Å²) in [5, 5.41) is 0. The zero-order chi connectivity index (χ0) is 10.4. The summed E-state index contributed by atoms with van der Waals surface area (Å²) in [4.78, 5) is 0. The average Bonchev–Trinajstić information content (AvgIpc) is 2.19. The molecule has 1 aromatic carbocycles. The molecule has 2 N–H and O–H groups in total. The second-order valence-electron chi connectivity index (χ2n) is 3.14. The summed E-state index contributed by atoms with van der Waals surface area (Å²) < 4.78 is 5.39. The number of rotatable bonds is 5. The third kappa shape index (κ3) is 4.36. The van der Waals surface area contributed by atoms with E-state index in [0.29, 0.717) is 6.61 Å². The van der Waals surface area contributed by atoms with E-state index in [4.69, 9.17) is 10.5 Å². The predicted octanol–water partition coefficient (Wildman–Crippen LogP) is 3.08. The summed E-state index contributed by atoms with van der Waals surface area (Å²) in [6.45, 7) is 6.32. The molecule has 3 heteroatoms. The van der Waals surface area contributed by atoms with Crippen LogP contribution in [0.2, 0.25) is 0 Å². The molecule has 0 bridgehead atoms. The van der Waals surface area contributed by atoms with Crippen LogP contribution in [-0.2, 0) is 0 Å². The van der Waals surface area contributed by atoms with Gasteiger partial charge in [-0.05, 0) is 31.0 Å². The van der Waals surface area contributed by atoms with Crippen LogP contribution in [0.25, 0.3) is 0 Å². The van der Waals surface area contributed by atoms with Crippen LogP contribution in [0.4, 0.5) is 0 Å². The van der Waals surface area contributed by atoms with E-state index in [9.17, 15) is 0 Å². The Morgan fingerprint density at radius 3 is 2.87 bits per heavy atom. The molecular weight excluding hydrogens is 210 g/mol. The first kappa shape index (κ1) is 14.0. The van der Waals surface area contributed by atoms with Crippen LogP contribution >= 0.6 is 12.4 Å². The minimum Gasteiger partial charge on any atom is -0.494 e. The highest BCUT2D eigenvalue weighted by molar-refractivity contribution is 5.85. The van der Waals surface area contributed by atoms with Gasteiger partial charge in [-0.2, -0.15) is 0 Å². The molecule has 0 saturated carbocycles. The molecule has 2 nitrogen and oxygen atoms in total. The average molecular weight is 228 g/mol. The molecule has 1 atom stereocenters. The predicted molar refractivity (Wildman–Crippen MR) is 66.6 cm³/mol. The molecule has 84 valence electrons.